The molecule has 3 rings (SSSR count). The summed E-state index contributed by atoms with van der Waals surface area (Å²) in [5.74, 6) is -0.545. The molecule has 0 amide bonds. The lowest BCUT2D eigenvalue weighted by atomic mass is 10.1. The average molecular weight is 412 g/mol. The second kappa shape index (κ2) is 6.20. The predicted octanol–water partition coefficient (Wildman–Crippen LogP) is 3.63. The van der Waals surface area contributed by atoms with Gasteiger partial charge in [-0.25, -0.2) is 9.37 Å². The summed E-state index contributed by atoms with van der Waals surface area (Å²) in [6.45, 7) is 0.357. The fraction of sp³-hybridized carbons (Fsp3) is 0.250. The van der Waals surface area contributed by atoms with E-state index in [0.29, 0.717) is 24.3 Å². The predicted molar refractivity (Wildman–Crippen MR) is 89.2 cm³/mol. The van der Waals surface area contributed by atoms with Gasteiger partial charge in [0.1, 0.15) is 11.6 Å². The fourth-order valence-corrected chi connectivity index (χ4v) is 2.99. The molecular weight excluding hydrogens is 398 g/mol. The Kier molecular flexibility index (Phi) is 4.28. The molecule has 4 nitrogen and oxygen atoms in total. The molecule has 1 aromatic carbocycles. The average Bonchev–Trinajstić information content (AvgIpc) is 3.29. The molecular formula is C16H14FIN2O2. The highest BCUT2D eigenvalue weighted by Gasteiger charge is 2.44. The van der Waals surface area contributed by atoms with E-state index >= 15 is 0 Å². The van der Waals surface area contributed by atoms with E-state index in [1.807, 2.05) is 6.07 Å². The van der Waals surface area contributed by atoms with Crippen LogP contribution in [0.5, 0.6) is 0 Å². The van der Waals surface area contributed by atoms with E-state index in [-0.39, 0.29) is 17.7 Å². The van der Waals surface area contributed by atoms with Crippen molar-refractivity contribution in [1.29, 1.82) is 0 Å². The number of anilines is 1. The molecule has 0 unspecified atom stereocenters. The maximum absolute atomic E-state index is 13.6. The molecule has 0 bridgehead atoms. The lowest BCUT2D eigenvalue weighted by molar-refractivity contribution is -0.138. The summed E-state index contributed by atoms with van der Waals surface area (Å²) >= 11 is 2.14. The molecule has 0 aliphatic heterocycles. The van der Waals surface area contributed by atoms with E-state index in [0.717, 1.165) is 9.13 Å². The van der Waals surface area contributed by atoms with Gasteiger partial charge in [-0.3, -0.25) is 4.79 Å². The van der Waals surface area contributed by atoms with Crippen LogP contribution in [0.25, 0.3) is 0 Å². The molecule has 22 heavy (non-hydrogen) atoms. The third-order valence-corrected chi connectivity index (χ3v) is 4.46. The second-order valence-electron chi connectivity index (χ2n) is 5.35. The topological polar surface area (TPSA) is 62.2 Å². The minimum atomic E-state index is -0.749. The number of hydrogen-bond acceptors (Lipinski definition) is 3. The van der Waals surface area contributed by atoms with Gasteiger partial charge in [-0.15, -0.1) is 0 Å². The van der Waals surface area contributed by atoms with Crippen LogP contribution in [0, 0.1) is 15.3 Å². The van der Waals surface area contributed by atoms with Gasteiger partial charge in [0.25, 0.3) is 0 Å². The fourth-order valence-electron chi connectivity index (χ4n) is 2.43. The van der Waals surface area contributed by atoms with Crippen LogP contribution in [0.3, 0.4) is 0 Å². The van der Waals surface area contributed by atoms with Crippen molar-refractivity contribution < 1.29 is 14.3 Å². The summed E-state index contributed by atoms with van der Waals surface area (Å²) in [5, 5.41) is 12.0. The molecule has 2 atom stereocenters. The largest absolute Gasteiger partial charge is 0.481 e. The van der Waals surface area contributed by atoms with Gasteiger partial charge in [0.2, 0.25) is 0 Å². The maximum atomic E-state index is 13.6. The summed E-state index contributed by atoms with van der Waals surface area (Å²) in [6.07, 6.45) is 2.37. The van der Waals surface area contributed by atoms with E-state index in [1.54, 1.807) is 24.4 Å². The van der Waals surface area contributed by atoms with E-state index in [9.17, 15) is 9.18 Å². The van der Waals surface area contributed by atoms with Gasteiger partial charge in [-0.1, -0.05) is 6.07 Å². The first-order valence-electron chi connectivity index (χ1n) is 6.91. The number of carboxylic acid groups (broad SMARTS) is 1. The zero-order chi connectivity index (χ0) is 15.7. The molecule has 0 spiro atoms. The van der Waals surface area contributed by atoms with Gasteiger partial charge in [-0.2, -0.15) is 0 Å². The molecule has 0 saturated heterocycles. The number of rotatable bonds is 5. The molecule has 1 aliphatic rings. The molecule has 1 heterocycles. The van der Waals surface area contributed by atoms with Crippen molar-refractivity contribution in [2.24, 2.45) is 5.92 Å². The number of hydrogen-bond donors (Lipinski definition) is 2. The molecule has 1 saturated carbocycles. The number of halogens is 2. The van der Waals surface area contributed by atoms with Crippen LogP contribution in [-0.4, -0.2) is 16.1 Å². The molecule has 1 fully saturated rings. The third kappa shape index (κ3) is 3.37. The smallest absolute Gasteiger partial charge is 0.307 e. The molecule has 6 heteroatoms. The first-order chi connectivity index (χ1) is 10.5. The summed E-state index contributed by atoms with van der Waals surface area (Å²) in [5.41, 5.74) is 1.53. The molecule has 1 aliphatic carbocycles. The van der Waals surface area contributed by atoms with Gasteiger partial charge >= 0.3 is 5.97 Å². The lowest BCUT2D eigenvalue weighted by Crippen LogP contribution is -2.04. The Balaban J connectivity index is 1.62. The van der Waals surface area contributed by atoms with Crippen LogP contribution in [0.2, 0.25) is 0 Å². The number of pyridine rings is 1. The van der Waals surface area contributed by atoms with Crippen molar-refractivity contribution in [1.82, 2.24) is 4.98 Å². The van der Waals surface area contributed by atoms with Gasteiger partial charge < -0.3 is 10.4 Å². The van der Waals surface area contributed by atoms with E-state index < -0.39 is 5.97 Å². The standard InChI is InChI=1S/C16H14FIN2O2/c17-14-3-2-11(18)5-10(14)8-20-15-4-1-9(7-19-15)12-6-13(12)16(21)22/h1-5,7,12-13H,6,8H2,(H,19,20)(H,21,22)/t12-,13+/m1/s1. The summed E-state index contributed by atoms with van der Waals surface area (Å²) < 4.78 is 14.6. The highest BCUT2D eigenvalue weighted by atomic mass is 127. The number of carbonyl (C=O) groups is 1. The number of benzene rings is 1. The van der Waals surface area contributed by atoms with Crippen molar-refractivity contribution >= 4 is 34.4 Å². The van der Waals surface area contributed by atoms with Gasteiger partial charge in [0, 0.05) is 21.9 Å². The first-order valence-corrected chi connectivity index (χ1v) is 7.99. The first kappa shape index (κ1) is 15.2. The zero-order valence-corrected chi connectivity index (χ0v) is 13.7. The Morgan fingerprint density at radius 3 is 2.86 bits per heavy atom. The van der Waals surface area contributed by atoms with Crippen LogP contribution in [0.15, 0.2) is 36.5 Å². The highest BCUT2D eigenvalue weighted by Crippen LogP contribution is 2.47. The van der Waals surface area contributed by atoms with Gasteiger partial charge in [0.15, 0.2) is 0 Å². The van der Waals surface area contributed by atoms with Crippen LogP contribution < -0.4 is 5.32 Å². The number of nitrogens with one attached hydrogen (secondary N) is 1. The van der Waals surface area contributed by atoms with E-state index in [2.05, 4.69) is 32.9 Å². The van der Waals surface area contributed by atoms with Crippen LogP contribution in [0.4, 0.5) is 10.2 Å². The molecule has 0 radical (unpaired) electrons. The number of carboxylic acids is 1. The lowest BCUT2D eigenvalue weighted by Gasteiger charge is -2.08. The molecule has 2 aromatic rings. The van der Waals surface area contributed by atoms with Crippen LogP contribution in [0.1, 0.15) is 23.5 Å². The Bertz CT molecular complexity index is 706. The van der Waals surface area contributed by atoms with Crippen LogP contribution in [-0.2, 0) is 11.3 Å². The van der Waals surface area contributed by atoms with Crippen molar-refractivity contribution in [3.8, 4) is 0 Å². The summed E-state index contributed by atoms with van der Waals surface area (Å²) in [7, 11) is 0. The number of aromatic nitrogens is 1. The van der Waals surface area contributed by atoms with Gasteiger partial charge in [-0.05, 0) is 64.8 Å². The van der Waals surface area contributed by atoms with Crippen molar-refractivity contribution in [2.45, 2.75) is 18.9 Å². The molecule has 1 aromatic heterocycles. The monoisotopic (exact) mass is 412 g/mol. The normalized spacial score (nSPS) is 19.7. The summed E-state index contributed by atoms with van der Waals surface area (Å²) in [6, 6.07) is 8.65. The number of nitrogens with zero attached hydrogens (tertiary/aromatic N) is 1. The Morgan fingerprint density at radius 2 is 2.23 bits per heavy atom. The SMILES string of the molecule is O=C(O)[C@H]1C[C@@H]1c1ccc(NCc2cc(I)ccc2F)nc1. The Labute approximate surface area is 140 Å². The Morgan fingerprint density at radius 1 is 1.41 bits per heavy atom. The minimum absolute atomic E-state index is 0.0761. The van der Waals surface area contributed by atoms with Crippen molar-refractivity contribution in [2.75, 3.05) is 5.32 Å². The van der Waals surface area contributed by atoms with E-state index in [1.165, 1.54) is 6.07 Å². The maximum Gasteiger partial charge on any atom is 0.307 e. The van der Waals surface area contributed by atoms with Crippen molar-refractivity contribution in [3.05, 3.63) is 57.0 Å². The number of aliphatic carboxylic acids is 1. The minimum Gasteiger partial charge on any atom is -0.481 e. The second-order valence-corrected chi connectivity index (χ2v) is 6.60. The highest BCUT2D eigenvalue weighted by molar-refractivity contribution is 14.1. The Hall–Kier alpha value is -1.70. The van der Waals surface area contributed by atoms with Gasteiger partial charge in [0.05, 0.1) is 5.92 Å². The molecule has 2 N–H and O–H groups in total. The van der Waals surface area contributed by atoms with Crippen molar-refractivity contribution in [3.63, 3.8) is 0 Å². The third-order valence-electron chi connectivity index (χ3n) is 3.79. The van der Waals surface area contributed by atoms with Crippen LogP contribution >= 0.6 is 22.6 Å². The van der Waals surface area contributed by atoms with E-state index in [4.69, 9.17) is 5.11 Å². The summed E-state index contributed by atoms with van der Waals surface area (Å²) in [4.78, 5) is 15.1. The zero-order valence-electron chi connectivity index (χ0n) is 11.6. The molecule has 114 valence electrons. The quantitative estimate of drug-likeness (QED) is 0.737.